The Kier molecular flexibility index (Phi) is 5.30. The van der Waals surface area contributed by atoms with Gasteiger partial charge >= 0.3 is 0 Å². The predicted octanol–water partition coefficient (Wildman–Crippen LogP) is 2.88. The number of aryl methyl sites for hydroxylation is 1. The standard InChI is InChI=1S/C19H22N4O2/c1-14-21-6-7-23(14)19-5-4-15(13-22-19)11-20-12-16-8-17(24-2)10-18(9-16)25-3/h4-10,13,20H,11-12H2,1-3H3. The topological polar surface area (TPSA) is 61.2 Å². The van der Waals surface area contributed by atoms with Gasteiger partial charge in [-0.25, -0.2) is 9.97 Å². The second-order valence-corrected chi connectivity index (χ2v) is 5.69. The summed E-state index contributed by atoms with van der Waals surface area (Å²) < 4.78 is 12.5. The van der Waals surface area contributed by atoms with Gasteiger partial charge in [-0.2, -0.15) is 0 Å². The minimum Gasteiger partial charge on any atom is -0.497 e. The number of methoxy groups -OCH3 is 2. The van der Waals surface area contributed by atoms with Gasteiger partial charge in [-0.1, -0.05) is 6.07 Å². The zero-order valence-electron chi connectivity index (χ0n) is 14.7. The molecule has 3 aromatic rings. The van der Waals surface area contributed by atoms with E-state index in [1.807, 2.05) is 48.1 Å². The molecular weight excluding hydrogens is 316 g/mol. The normalized spacial score (nSPS) is 10.7. The van der Waals surface area contributed by atoms with E-state index in [4.69, 9.17) is 9.47 Å². The van der Waals surface area contributed by atoms with Gasteiger partial charge in [-0.05, 0) is 36.2 Å². The van der Waals surface area contributed by atoms with Gasteiger partial charge in [0.2, 0.25) is 0 Å². The van der Waals surface area contributed by atoms with Crippen molar-refractivity contribution in [1.82, 2.24) is 19.9 Å². The molecule has 25 heavy (non-hydrogen) atoms. The maximum atomic E-state index is 5.29. The fourth-order valence-electron chi connectivity index (χ4n) is 2.60. The summed E-state index contributed by atoms with van der Waals surface area (Å²) in [7, 11) is 3.31. The minimum atomic E-state index is 0.718. The second kappa shape index (κ2) is 7.81. The maximum absolute atomic E-state index is 5.29. The molecule has 0 spiro atoms. The Balaban J connectivity index is 1.60. The van der Waals surface area contributed by atoms with Gasteiger partial charge in [0, 0.05) is 37.7 Å². The zero-order chi connectivity index (χ0) is 17.6. The molecule has 1 N–H and O–H groups in total. The van der Waals surface area contributed by atoms with Crippen LogP contribution >= 0.6 is 0 Å². The van der Waals surface area contributed by atoms with E-state index < -0.39 is 0 Å². The van der Waals surface area contributed by atoms with Crippen LogP contribution in [0.5, 0.6) is 11.5 Å². The third kappa shape index (κ3) is 4.16. The Morgan fingerprint density at radius 3 is 2.24 bits per heavy atom. The lowest BCUT2D eigenvalue weighted by Crippen LogP contribution is -2.13. The van der Waals surface area contributed by atoms with Crippen LogP contribution < -0.4 is 14.8 Å². The summed E-state index contributed by atoms with van der Waals surface area (Å²) >= 11 is 0. The number of rotatable bonds is 7. The van der Waals surface area contributed by atoms with Crippen molar-refractivity contribution in [3.05, 3.63) is 65.9 Å². The Bertz CT molecular complexity index is 805. The fourth-order valence-corrected chi connectivity index (χ4v) is 2.60. The first kappa shape index (κ1) is 17.0. The minimum absolute atomic E-state index is 0.718. The first-order chi connectivity index (χ1) is 12.2. The average molecular weight is 338 g/mol. The number of aromatic nitrogens is 3. The lowest BCUT2D eigenvalue weighted by atomic mass is 10.2. The van der Waals surface area contributed by atoms with Crippen molar-refractivity contribution < 1.29 is 9.47 Å². The Hall–Kier alpha value is -2.86. The number of hydrogen-bond donors (Lipinski definition) is 1. The zero-order valence-corrected chi connectivity index (χ0v) is 14.7. The van der Waals surface area contributed by atoms with Crippen LogP contribution in [0.25, 0.3) is 5.82 Å². The van der Waals surface area contributed by atoms with E-state index in [1.54, 1.807) is 20.4 Å². The molecule has 0 amide bonds. The second-order valence-electron chi connectivity index (χ2n) is 5.69. The number of benzene rings is 1. The molecule has 6 nitrogen and oxygen atoms in total. The first-order valence-electron chi connectivity index (χ1n) is 8.07. The van der Waals surface area contributed by atoms with Crippen LogP contribution in [0, 0.1) is 6.92 Å². The molecule has 3 rings (SSSR count). The molecule has 0 atom stereocenters. The van der Waals surface area contributed by atoms with Gasteiger partial charge in [0.1, 0.15) is 23.1 Å². The maximum Gasteiger partial charge on any atom is 0.137 e. The van der Waals surface area contributed by atoms with Crippen LogP contribution in [0.2, 0.25) is 0 Å². The van der Waals surface area contributed by atoms with Gasteiger partial charge < -0.3 is 14.8 Å². The molecule has 0 saturated carbocycles. The Labute approximate surface area is 147 Å². The van der Waals surface area contributed by atoms with E-state index in [2.05, 4.69) is 21.4 Å². The quantitative estimate of drug-likeness (QED) is 0.718. The van der Waals surface area contributed by atoms with Crippen LogP contribution in [0.4, 0.5) is 0 Å². The van der Waals surface area contributed by atoms with Crippen molar-refractivity contribution in [3.8, 4) is 17.3 Å². The van der Waals surface area contributed by atoms with E-state index in [-0.39, 0.29) is 0 Å². The fraction of sp³-hybridized carbons (Fsp3) is 0.263. The van der Waals surface area contributed by atoms with Crippen molar-refractivity contribution in [2.75, 3.05) is 14.2 Å². The monoisotopic (exact) mass is 338 g/mol. The molecule has 0 radical (unpaired) electrons. The molecule has 0 bridgehead atoms. The van der Waals surface area contributed by atoms with E-state index >= 15 is 0 Å². The highest BCUT2D eigenvalue weighted by atomic mass is 16.5. The molecule has 0 aliphatic carbocycles. The van der Waals surface area contributed by atoms with Gasteiger partial charge in [0.25, 0.3) is 0 Å². The molecule has 6 heteroatoms. The van der Waals surface area contributed by atoms with E-state index in [0.29, 0.717) is 0 Å². The summed E-state index contributed by atoms with van der Waals surface area (Å²) in [5.41, 5.74) is 2.23. The van der Waals surface area contributed by atoms with Crippen LogP contribution in [-0.2, 0) is 13.1 Å². The predicted molar refractivity (Wildman–Crippen MR) is 96.2 cm³/mol. The number of hydrogen-bond acceptors (Lipinski definition) is 5. The Morgan fingerprint density at radius 2 is 1.68 bits per heavy atom. The highest BCUT2D eigenvalue weighted by Gasteiger charge is 2.04. The van der Waals surface area contributed by atoms with Crippen LogP contribution in [0.1, 0.15) is 17.0 Å². The molecule has 0 aliphatic heterocycles. The average Bonchev–Trinajstić information content (AvgIpc) is 3.08. The third-order valence-corrected chi connectivity index (χ3v) is 3.95. The first-order valence-corrected chi connectivity index (χ1v) is 8.07. The van der Waals surface area contributed by atoms with Crippen molar-refractivity contribution in [3.63, 3.8) is 0 Å². The largest absolute Gasteiger partial charge is 0.497 e. The Morgan fingerprint density at radius 1 is 0.960 bits per heavy atom. The van der Waals surface area contributed by atoms with Crippen molar-refractivity contribution in [1.29, 1.82) is 0 Å². The number of pyridine rings is 1. The van der Waals surface area contributed by atoms with Crippen molar-refractivity contribution in [2.45, 2.75) is 20.0 Å². The molecule has 1 aromatic carbocycles. The van der Waals surface area contributed by atoms with Crippen molar-refractivity contribution in [2.24, 2.45) is 0 Å². The van der Waals surface area contributed by atoms with Crippen LogP contribution in [0.3, 0.4) is 0 Å². The van der Waals surface area contributed by atoms with Gasteiger partial charge in [0.05, 0.1) is 14.2 Å². The molecule has 0 aliphatic rings. The molecule has 0 unspecified atom stereocenters. The lowest BCUT2D eigenvalue weighted by molar-refractivity contribution is 0.393. The molecule has 130 valence electrons. The smallest absolute Gasteiger partial charge is 0.137 e. The van der Waals surface area contributed by atoms with Gasteiger partial charge in [-0.15, -0.1) is 0 Å². The van der Waals surface area contributed by atoms with E-state index in [9.17, 15) is 0 Å². The molecular formula is C19H22N4O2. The molecule has 2 aromatic heterocycles. The highest BCUT2D eigenvalue weighted by molar-refractivity contribution is 5.38. The van der Waals surface area contributed by atoms with Gasteiger partial charge in [-0.3, -0.25) is 4.57 Å². The number of ether oxygens (including phenoxy) is 2. The molecule has 0 saturated heterocycles. The van der Waals surface area contributed by atoms with Crippen LogP contribution in [-0.4, -0.2) is 28.8 Å². The lowest BCUT2D eigenvalue weighted by Gasteiger charge is -2.10. The van der Waals surface area contributed by atoms with E-state index in [1.165, 1.54) is 0 Å². The summed E-state index contributed by atoms with van der Waals surface area (Å²) in [6.07, 6.45) is 5.56. The highest BCUT2D eigenvalue weighted by Crippen LogP contribution is 2.22. The third-order valence-electron chi connectivity index (χ3n) is 3.95. The van der Waals surface area contributed by atoms with Crippen molar-refractivity contribution >= 4 is 0 Å². The summed E-state index contributed by atoms with van der Waals surface area (Å²) in [5.74, 6) is 3.37. The SMILES string of the molecule is COc1cc(CNCc2ccc(-n3ccnc3C)nc2)cc(OC)c1. The summed E-state index contributed by atoms with van der Waals surface area (Å²) in [5, 5.41) is 3.42. The molecule has 2 heterocycles. The van der Waals surface area contributed by atoms with Gasteiger partial charge in [0.15, 0.2) is 0 Å². The summed E-state index contributed by atoms with van der Waals surface area (Å²) in [6, 6.07) is 9.93. The summed E-state index contributed by atoms with van der Waals surface area (Å²) in [6.45, 7) is 3.41. The number of nitrogens with one attached hydrogen (secondary N) is 1. The molecule has 0 fully saturated rings. The van der Waals surface area contributed by atoms with Crippen LogP contribution in [0.15, 0.2) is 48.9 Å². The van der Waals surface area contributed by atoms with E-state index in [0.717, 1.165) is 47.4 Å². The number of imidazole rings is 1. The summed E-state index contributed by atoms with van der Waals surface area (Å²) in [4.78, 5) is 8.72. The number of nitrogens with zero attached hydrogens (tertiary/aromatic N) is 3.